The minimum Gasteiger partial charge on any atom is -0.496 e. The van der Waals surface area contributed by atoms with Crippen LogP contribution in [-0.4, -0.2) is 39.4 Å². The number of guanidine groups is 1. The van der Waals surface area contributed by atoms with Gasteiger partial charge in [-0.1, -0.05) is 18.2 Å². The lowest BCUT2D eigenvalue weighted by Gasteiger charge is -2.17. The first-order chi connectivity index (χ1) is 9.71. The molecule has 1 unspecified atom stereocenters. The number of aliphatic imine (C=N–C) groups is 1. The second kappa shape index (κ2) is 9.20. The van der Waals surface area contributed by atoms with Crippen molar-refractivity contribution in [2.75, 3.05) is 27.4 Å². The van der Waals surface area contributed by atoms with E-state index in [0.29, 0.717) is 13.2 Å². The fraction of sp³-hybridized carbons (Fsp3) is 0.533. The number of methoxy groups -OCH3 is 2. The third-order valence-electron chi connectivity index (χ3n) is 2.74. The van der Waals surface area contributed by atoms with Crippen molar-refractivity contribution in [2.24, 2.45) is 4.99 Å². The Balaban J connectivity index is 2.70. The van der Waals surface area contributed by atoms with Crippen LogP contribution in [0, 0.1) is 0 Å². The Morgan fingerprint density at radius 3 is 2.70 bits per heavy atom. The zero-order chi connectivity index (χ0) is 14.8. The molecule has 5 nitrogen and oxygen atoms in total. The lowest BCUT2D eigenvalue weighted by atomic mass is 10.2. The summed E-state index contributed by atoms with van der Waals surface area (Å²) >= 11 is 0. The van der Waals surface area contributed by atoms with Crippen LogP contribution in [0.25, 0.3) is 0 Å². The molecule has 112 valence electrons. The van der Waals surface area contributed by atoms with Crippen LogP contribution in [-0.2, 0) is 11.3 Å². The molecule has 0 saturated carbocycles. The first kappa shape index (κ1) is 16.3. The third kappa shape index (κ3) is 5.48. The summed E-state index contributed by atoms with van der Waals surface area (Å²) in [6.45, 7) is 6.12. The molecule has 0 aliphatic heterocycles. The SMILES string of the molecule is CCNC(=NCc1ccccc1OC)NC(C)COC. The number of hydrogen-bond acceptors (Lipinski definition) is 3. The fourth-order valence-electron chi connectivity index (χ4n) is 1.84. The maximum atomic E-state index is 5.33. The molecular formula is C15H25N3O2. The summed E-state index contributed by atoms with van der Waals surface area (Å²) in [7, 11) is 3.36. The van der Waals surface area contributed by atoms with Gasteiger partial charge in [-0.05, 0) is 19.9 Å². The molecule has 1 atom stereocenters. The van der Waals surface area contributed by atoms with Gasteiger partial charge in [0.1, 0.15) is 5.75 Å². The van der Waals surface area contributed by atoms with E-state index in [1.54, 1.807) is 14.2 Å². The van der Waals surface area contributed by atoms with E-state index in [2.05, 4.69) is 22.5 Å². The van der Waals surface area contributed by atoms with Gasteiger partial charge in [0, 0.05) is 25.3 Å². The number of para-hydroxylation sites is 1. The van der Waals surface area contributed by atoms with Gasteiger partial charge in [0.2, 0.25) is 0 Å². The van der Waals surface area contributed by atoms with Crippen molar-refractivity contribution in [2.45, 2.75) is 26.4 Å². The molecule has 5 heteroatoms. The molecule has 0 heterocycles. The molecule has 0 amide bonds. The van der Waals surface area contributed by atoms with Crippen molar-refractivity contribution >= 4 is 5.96 Å². The zero-order valence-electron chi connectivity index (χ0n) is 12.8. The van der Waals surface area contributed by atoms with Gasteiger partial charge in [0.15, 0.2) is 5.96 Å². The number of ether oxygens (including phenoxy) is 2. The fourth-order valence-corrected chi connectivity index (χ4v) is 1.84. The van der Waals surface area contributed by atoms with E-state index in [9.17, 15) is 0 Å². The van der Waals surface area contributed by atoms with Crippen LogP contribution in [0.5, 0.6) is 5.75 Å². The molecule has 0 aliphatic rings. The highest BCUT2D eigenvalue weighted by atomic mass is 16.5. The Kier molecular flexibility index (Phi) is 7.50. The van der Waals surface area contributed by atoms with Crippen LogP contribution in [0.15, 0.2) is 29.3 Å². The van der Waals surface area contributed by atoms with E-state index in [1.807, 2.05) is 31.2 Å². The number of nitrogens with one attached hydrogen (secondary N) is 2. The predicted octanol–water partition coefficient (Wildman–Crippen LogP) is 1.79. The van der Waals surface area contributed by atoms with Gasteiger partial charge in [0.25, 0.3) is 0 Å². The molecule has 0 fully saturated rings. The van der Waals surface area contributed by atoms with Crippen LogP contribution >= 0.6 is 0 Å². The van der Waals surface area contributed by atoms with Crippen molar-refractivity contribution in [3.63, 3.8) is 0 Å². The van der Waals surface area contributed by atoms with E-state index in [-0.39, 0.29) is 6.04 Å². The summed E-state index contributed by atoms with van der Waals surface area (Å²) in [5, 5.41) is 6.52. The molecule has 0 aromatic heterocycles. The Labute approximate surface area is 121 Å². The minimum atomic E-state index is 0.204. The Morgan fingerprint density at radius 2 is 2.05 bits per heavy atom. The topological polar surface area (TPSA) is 54.9 Å². The monoisotopic (exact) mass is 279 g/mol. The molecular weight excluding hydrogens is 254 g/mol. The van der Waals surface area contributed by atoms with Gasteiger partial charge in [-0.15, -0.1) is 0 Å². The molecule has 20 heavy (non-hydrogen) atoms. The summed E-state index contributed by atoms with van der Waals surface area (Å²) in [6, 6.07) is 8.11. The van der Waals surface area contributed by atoms with Crippen LogP contribution in [0.2, 0.25) is 0 Å². The maximum absolute atomic E-state index is 5.33. The molecule has 0 saturated heterocycles. The standard InChI is InChI=1S/C15H25N3O2/c1-5-16-15(18-12(2)11-19-3)17-10-13-8-6-7-9-14(13)20-4/h6-9,12H,5,10-11H2,1-4H3,(H2,16,17,18). The van der Waals surface area contributed by atoms with E-state index < -0.39 is 0 Å². The van der Waals surface area contributed by atoms with Crippen LogP contribution in [0.1, 0.15) is 19.4 Å². The summed E-state index contributed by atoms with van der Waals surface area (Å²) in [5.74, 6) is 1.64. The van der Waals surface area contributed by atoms with Gasteiger partial charge in [-0.2, -0.15) is 0 Å². The highest BCUT2D eigenvalue weighted by Crippen LogP contribution is 2.17. The second-order valence-corrected chi connectivity index (χ2v) is 4.51. The summed E-state index contributed by atoms with van der Waals surface area (Å²) in [5.41, 5.74) is 1.06. The Hall–Kier alpha value is -1.75. The largest absolute Gasteiger partial charge is 0.496 e. The smallest absolute Gasteiger partial charge is 0.191 e. The maximum Gasteiger partial charge on any atom is 0.191 e. The van der Waals surface area contributed by atoms with Crippen LogP contribution in [0.4, 0.5) is 0 Å². The van der Waals surface area contributed by atoms with E-state index in [1.165, 1.54) is 0 Å². The lowest BCUT2D eigenvalue weighted by Crippen LogP contribution is -2.43. The predicted molar refractivity (Wildman–Crippen MR) is 82.3 cm³/mol. The molecule has 1 rings (SSSR count). The van der Waals surface area contributed by atoms with E-state index in [4.69, 9.17) is 9.47 Å². The summed E-state index contributed by atoms with van der Waals surface area (Å²) in [4.78, 5) is 4.57. The first-order valence-corrected chi connectivity index (χ1v) is 6.86. The molecule has 0 spiro atoms. The highest BCUT2D eigenvalue weighted by Gasteiger charge is 2.05. The van der Waals surface area contributed by atoms with Crippen molar-refractivity contribution < 1.29 is 9.47 Å². The quantitative estimate of drug-likeness (QED) is 0.590. The van der Waals surface area contributed by atoms with Crippen LogP contribution in [0.3, 0.4) is 0 Å². The van der Waals surface area contributed by atoms with Crippen molar-refractivity contribution in [3.8, 4) is 5.75 Å². The zero-order valence-corrected chi connectivity index (χ0v) is 12.8. The van der Waals surface area contributed by atoms with Gasteiger partial charge in [-0.25, -0.2) is 4.99 Å². The number of benzene rings is 1. The molecule has 0 aliphatic carbocycles. The first-order valence-electron chi connectivity index (χ1n) is 6.86. The summed E-state index contributed by atoms with van der Waals surface area (Å²) in [6.07, 6.45) is 0. The van der Waals surface area contributed by atoms with Crippen LogP contribution < -0.4 is 15.4 Å². The molecule has 2 N–H and O–H groups in total. The van der Waals surface area contributed by atoms with Gasteiger partial charge >= 0.3 is 0 Å². The number of rotatable bonds is 7. The van der Waals surface area contributed by atoms with Gasteiger partial charge in [0.05, 0.1) is 20.3 Å². The van der Waals surface area contributed by atoms with Crippen molar-refractivity contribution in [1.29, 1.82) is 0 Å². The Morgan fingerprint density at radius 1 is 1.30 bits per heavy atom. The molecule has 0 radical (unpaired) electrons. The average Bonchev–Trinajstić information content (AvgIpc) is 2.45. The summed E-state index contributed by atoms with van der Waals surface area (Å²) < 4.78 is 10.4. The molecule has 1 aromatic carbocycles. The van der Waals surface area contributed by atoms with E-state index >= 15 is 0 Å². The van der Waals surface area contributed by atoms with Crippen molar-refractivity contribution in [3.05, 3.63) is 29.8 Å². The number of nitrogens with zero attached hydrogens (tertiary/aromatic N) is 1. The van der Waals surface area contributed by atoms with E-state index in [0.717, 1.165) is 23.8 Å². The molecule has 1 aromatic rings. The molecule has 0 bridgehead atoms. The Bertz CT molecular complexity index is 421. The van der Waals surface area contributed by atoms with Gasteiger partial charge in [-0.3, -0.25) is 0 Å². The number of hydrogen-bond donors (Lipinski definition) is 2. The minimum absolute atomic E-state index is 0.204. The van der Waals surface area contributed by atoms with Gasteiger partial charge < -0.3 is 20.1 Å². The van der Waals surface area contributed by atoms with Crippen molar-refractivity contribution in [1.82, 2.24) is 10.6 Å². The second-order valence-electron chi connectivity index (χ2n) is 4.51. The highest BCUT2D eigenvalue weighted by molar-refractivity contribution is 5.80. The normalized spacial score (nSPS) is 12.9. The third-order valence-corrected chi connectivity index (χ3v) is 2.74. The lowest BCUT2D eigenvalue weighted by molar-refractivity contribution is 0.179. The average molecular weight is 279 g/mol.